The lowest BCUT2D eigenvalue weighted by molar-refractivity contribution is -0.143. The fourth-order valence-corrected chi connectivity index (χ4v) is 4.74. The van der Waals surface area contributed by atoms with Gasteiger partial charge in [0, 0.05) is 7.05 Å². The molecule has 1 aromatic carbocycles. The van der Waals surface area contributed by atoms with E-state index in [1.165, 1.54) is 4.68 Å². The summed E-state index contributed by atoms with van der Waals surface area (Å²) >= 11 is 0. The minimum Gasteiger partial charge on any atom is -0.489 e. The van der Waals surface area contributed by atoms with Gasteiger partial charge >= 0.3 is 5.97 Å². The highest BCUT2D eigenvalue weighted by Gasteiger charge is 2.29. The van der Waals surface area contributed by atoms with Gasteiger partial charge in [-0.2, -0.15) is 0 Å². The standard InChI is InChI=1S/C26H29N7O4/c1-16-22(37-19-10-6-9-18(13-19)26(35)36)12-11-20(27-16)23-24(32(2)30-29-23)25(34)21-15-33(31-28-21)14-17-7-4-3-5-8-17/h3-5,7-8,11-12,15,18-19,25,34H,6,9-10,13-14H2,1-2H3,(H,35,36)/t18-,19?,25?/m0/s1. The number of hydrogen-bond donors (Lipinski definition) is 2. The van der Waals surface area contributed by atoms with Crippen LogP contribution >= 0.6 is 0 Å². The Balaban J connectivity index is 1.34. The third kappa shape index (κ3) is 5.36. The summed E-state index contributed by atoms with van der Waals surface area (Å²) < 4.78 is 9.30. The van der Waals surface area contributed by atoms with Gasteiger partial charge in [-0.15, -0.1) is 10.2 Å². The topological polar surface area (TPSA) is 141 Å². The largest absolute Gasteiger partial charge is 0.489 e. The monoisotopic (exact) mass is 503 g/mol. The van der Waals surface area contributed by atoms with Crippen LogP contribution in [-0.2, 0) is 18.4 Å². The van der Waals surface area contributed by atoms with Crippen molar-refractivity contribution in [2.75, 3.05) is 0 Å². The zero-order chi connectivity index (χ0) is 25.9. The first-order valence-electron chi connectivity index (χ1n) is 12.3. The molecule has 3 atom stereocenters. The zero-order valence-corrected chi connectivity index (χ0v) is 20.7. The SMILES string of the molecule is Cc1nc(-c2nnn(C)c2C(O)c2cn(Cc3ccccc3)nn2)ccc1OC1CCC[C@H](C(=O)O)C1. The summed E-state index contributed by atoms with van der Waals surface area (Å²) in [6.07, 6.45) is 3.25. The average Bonchev–Trinajstić information content (AvgIpc) is 3.52. The van der Waals surface area contributed by atoms with Gasteiger partial charge in [-0.1, -0.05) is 40.8 Å². The second kappa shape index (κ2) is 10.5. The van der Waals surface area contributed by atoms with Crippen LogP contribution in [0.5, 0.6) is 5.75 Å². The van der Waals surface area contributed by atoms with Gasteiger partial charge < -0.3 is 14.9 Å². The number of aromatic nitrogens is 7. The van der Waals surface area contributed by atoms with E-state index in [0.717, 1.165) is 18.4 Å². The van der Waals surface area contributed by atoms with E-state index < -0.39 is 12.1 Å². The van der Waals surface area contributed by atoms with E-state index >= 15 is 0 Å². The van der Waals surface area contributed by atoms with E-state index in [4.69, 9.17) is 4.74 Å². The number of carboxylic acid groups (broad SMARTS) is 1. The second-order valence-electron chi connectivity index (χ2n) is 9.40. The number of aryl methyl sites for hydroxylation is 2. The third-order valence-corrected chi connectivity index (χ3v) is 6.70. The Kier molecular flexibility index (Phi) is 6.95. The number of ether oxygens (including phenoxy) is 1. The molecule has 0 radical (unpaired) electrons. The Hall–Kier alpha value is -4.12. The molecule has 11 nitrogen and oxygen atoms in total. The lowest BCUT2D eigenvalue weighted by Gasteiger charge is -2.27. The summed E-state index contributed by atoms with van der Waals surface area (Å²) in [5, 5.41) is 37.2. The van der Waals surface area contributed by atoms with Crippen LogP contribution < -0.4 is 4.74 Å². The number of pyridine rings is 1. The van der Waals surface area contributed by atoms with Crippen molar-refractivity contribution in [1.29, 1.82) is 0 Å². The number of aliphatic hydroxyl groups excluding tert-OH is 1. The van der Waals surface area contributed by atoms with Gasteiger partial charge in [0.05, 0.1) is 36.2 Å². The van der Waals surface area contributed by atoms with Crippen LogP contribution in [0.15, 0.2) is 48.7 Å². The summed E-state index contributed by atoms with van der Waals surface area (Å²) in [5.74, 6) is -0.539. The third-order valence-electron chi connectivity index (χ3n) is 6.70. The maximum atomic E-state index is 11.4. The van der Waals surface area contributed by atoms with Crippen LogP contribution in [0.4, 0.5) is 0 Å². The van der Waals surface area contributed by atoms with Crippen molar-refractivity contribution in [2.45, 2.75) is 51.4 Å². The van der Waals surface area contributed by atoms with Crippen LogP contribution in [0.2, 0.25) is 0 Å². The van der Waals surface area contributed by atoms with E-state index in [2.05, 4.69) is 25.6 Å². The Labute approximate surface area is 213 Å². The quantitative estimate of drug-likeness (QED) is 0.371. The van der Waals surface area contributed by atoms with Crippen molar-refractivity contribution < 1.29 is 19.7 Å². The van der Waals surface area contributed by atoms with E-state index in [1.54, 1.807) is 24.0 Å². The fourth-order valence-electron chi connectivity index (χ4n) is 4.74. The molecule has 37 heavy (non-hydrogen) atoms. The molecule has 5 rings (SSSR count). The van der Waals surface area contributed by atoms with Gasteiger partial charge in [0.2, 0.25) is 0 Å². The normalized spacial score (nSPS) is 18.5. The highest BCUT2D eigenvalue weighted by atomic mass is 16.5. The second-order valence-corrected chi connectivity index (χ2v) is 9.40. The van der Waals surface area contributed by atoms with Gasteiger partial charge in [0.1, 0.15) is 28.9 Å². The van der Waals surface area contributed by atoms with Crippen LogP contribution in [0.3, 0.4) is 0 Å². The molecule has 1 saturated carbocycles. The zero-order valence-electron chi connectivity index (χ0n) is 20.7. The Morgan fingerprint density at radius 2 is 1.95 bits per heavy atom. The first-order valence-corrected chi connectivity index (χ1v) is 12.3. The van der Waals surface area contributed by atoms with E-state index in [9.17, 15) is 15.0 Å². The Morgan fingerprint density at radius 1 is 1.14 bits per heavy atom. The number of benzene rings is 1. The van der Waals surface area contributed by atoms with Crippen molar-refractivity contribution in [3.63, 3.8) is 0 Å². The highest BCUT2D eigenvalue weighted by molar-refractivity contribution is 5.70. The maximum Gasteiger partial charge on any atom is 0.306 e. The van der Waals surface area contributed by atoms with Gasteiger partial charge in [0.15, 0.2) is 0 Å². The molecular formula is C26H29N7O4. The number of nitrogens with zero attached hydrogens (tertiary/aromatic N) is 7. The van der Waals surface area contributed by atoms with Crippen LogP contribution in [0, 0.1) is 12.8 Å². The molecule has 1 aliphatic rings. The molecule has 2 N–H and O–H groups in total. The van der Waals surface area contributed by atoms with Crippen molar-refractivity contribution in [2.24, 2.45) is 13.0 Å². The molecule has 0 saturated heterocycles. The summed E-state index contributed by atoms with van der Waals surface area (Å²) in [6.45, 7) is 2.37. The molecule has 0 aliphatic heterocycles. The summed E-state index contributed by atoms with van der Waals surface area (Å²) in [4.78, 5) is 16.0. The number of hydrogen-bond acceptors (Lipinski definition) is 8. The van der Waals surface area contributed by atoms with Gasteiger partial charge in [-0.25, -0.2) is 14.3 Å². The minimum atomic E-state index is -1.10. The molecule has 3 heterocycles. The molecule has 0 spiro atoms. The summed E-state index contributed by atoms with van der Waals surface area (Å²) in [5.41, 5.74) is 3.52. The minimum absolute atomic E-state index is 0.159. The molecular weight excluding hydrogens is 474 g/mol. The summed E-state index contributed by atoms with van der Waals surface area (Å²) in [7, 11) is 1.70. The highest BCUT2D eigenvalue weighted by Crippen LogP contribution is 2.32. The average molecular weight is 504 g/mol. The first kappa shape index (κ1) is 24.6. The predicted octanol–water partition coefficient (Wildman–Crippen LogP) is 2.93. The number of aliphatic carboxylic acids is 1. The van der Waals surface area contributed by atoms with Crippen LogP contribution in [0.25, 0.3) is 11.4 Å². The molecule has 1 fully saturated rings. The van der Waals surface area contributed by atoms with Crippen molar-refractivity contribution in [3.8, 4) is 17.1 Å². The molecule has 0 amide bonds. The van der Waals surface area contributed by atoms with Crippen LogP contribution in [0.1, 0.15) is 54.4 Å². The van der Waals surface area contributed by atoms with Crippen LogP contribution in [-0.4, -0.2) is 57.3 Å². The number of aliphatic hydroxyl groups is 1. The molecule has 2 unspecified atom stereocenters. The molecule has 1 aliphatic carbocycles. The molecule has 3 aromatic heterocycles. The number of carbonyl (C=O) groups is 1. The number of rotatable bonds is 8. The van der Waals surface area contributed by atoms with Gasteiger partial charge in [-0.3, -0.25) is 4.79 Å². The van der Waals surface area contributed by atoms with E-state index in [-0.39, 0.29) is 12.0 Å². The summed E-state index contributed by atoms with van der Waals surface area (Å²) in [6, 6.07) is 13.5. The molecule has 192 valence electrons. The first-order chi connectivity index (χ1) is 17.9. The smallest absolute Gasteiger partial charge is 0.306 e. The van der Waals surface area contributed by atoms with E-state index in [0.29, 0.717) is 53.6 Å². The van der Waals surface area contributed by atoms with Gasteiger partial charge in [0.25, 0.3) is 0 Å². The van der Waals surface area contributed by atoms with E-state index in [1.807, 2.05) is 43.3 Å². The van der Waals surface area contributed by atoms with Crippen molar-refractivity contribution in [3.05, 3.63) is 71.3 Å². The maximum absolute atomic E-state index is 11.4. The molecule has 11 heteroatoms. The Morgan fingerprint density at radius 3 is 2.70 bits per heavy atom. The number of carboxylic acids is 1. The van der Waals surface area contributed by atoms with Crippen molar-refractivity contribution in [1.82, 2.24) is 35.0 Å². The molecule has 4 aromatic rings. The molecule has 0 bridgehead atoms. The fraction of sp³-hybridized carbons (Fsp3) is 0.385. The predicted molar refractivity (Wildman–Crippen MR) is 133 cm³/mol. The van der Waals surface area contributed by atoms with Gasteiger partial charge in [-0.05, 0) is 50.3 Å². The lowest BCUT2D eigenvalue weighted by atomic mass is 9.87. The Bertz CT molecular complexity index is 1380. The van der Waals surface area contributed by atoms with Crippen molar-refractivity contribution >= 4 is 5.97 Å². The lowest BCUT2D eigenvalue weighted by Crippen LogP contribution is -2.29.